The smallest absolute Gasteiger partial charge is 0.222 e. The number of nitrogens with one attached hydrogen (secondary N) is 1. The summed E-state index contributed by atoms with van der Waals surface area (Å²) in [5.41, 5.74) is 0. The number of nitrogens with zero attached hydrogens (tertiary/aromatic N) is 5. The molecule has 6 nitrogen and oxygen atoms in total. The second kappa shape index (κ2) is 4.65. The average molecular weight is 222 g/mol. The predicted octanol–water partition coefficient (Wildman–Crippen LogP) is 0.399. The lowest BCUT2D eigenvalue weighted by Gasteiger charge is -2.03. The SMILES string of the molecule is Cn1cnnc1CCNc1ncc(F)cn1. The van der Waals surface area contributed by atoms with Gasteiger partial charge < -0.3 is 9.88 Å². The Morgan fingerprint density at radius 1 is 1.38 bits per heavy atom. The molecule has 0 fully saturated rings. The van der Waals surface area contributed by atoms with E-state index < -0.39 is 5.82 Å². The van der Waals surface area contributed by atoms with E-state index >= 15 is 0 Å². The summed E-state index contributed by atoms with van der Waals surface area (Å²) < 4.78 is 14.4. The zero-order chi connectivity index (χ0) is 11.4. The molecule has 16 heavy (non-hydrogen) atoms. The minimum Gasteiger partial charge on any atom is -0.354 e. The van der Waals surface area contributed by atoms with Crippen molar-refractivity contribution in [2.24, 2.45) is 7.05 Å². The first-order valence-corrected chi connectivity index (χ1v) is 4.80. The van der Waals surface area contributed by atoms with E-state index in [0.29, 0.717) is 18.9 Å². The fraction of sp³-hybridized carbons (Fsp3) is 0.333. The van der Waals surface area contributed by atoms with Crippen LogP contribution in [-0.2, 0) is 13.5 Å². The van der Waals surface area contributed by atoms with Crippen molar-refractivity contribution < 1.29 is 4.39 Å². The van der Waals surface area contributed by atoms with Crippen molar-refractivity contribution in [2.45, 2.75) is 6.42 Å². The quantitative estimate of drug-likeness (QED) is 0.810. The van der Waals surface area contributed by atoms with Crippen LogP contribution in [0, 0.1) is 5.82 Å². The van der Waals surface area contributed by atoms with E-state index in [1.807, 2.05) is 11.6 Å². The topological polar surface area (TPSA) is 68.5 Å². The molecule has 0 amide bonds. The van der Waals surface area contributed by atoms with E-state index in [0.717, 1.165) is 18.2 Å². The van der Waals surface area contributed by atoms with Crippen LogP contribution < -0.4 is 5.32 Å². The van der Waals surface area contributed by atoms with Gasteiger partial charge >= 0.3 is 0 Å². The van der Waals surface area contributed by atoms with E-state index in [1.165, 1.54) is 0 Å². The van der Waals surface area contributed by atoms with Crippen LogP contribution in [0.15, 0.2) is 18.7 Å². The highest BCUT2D eigenvalue weighted by atomic mass is 19.1. The zero-order valence-electron chi connectivity index (χ0n) is 8.76. The van der Waals surface area contributed by atoms with Crippen molar-refractivity contribution in [2.75, 3.05) is 11.9 Å². The molecule has 7 heteroatoms. The Balaban J connectivity index is 1.84. The number of aryl methyl sites for hydroxylation is 1. The van der Waals surface area contributed by atoms with Crippen LogP contribution in [0.1, 0.15) is 5.82 Å². The third kappa shape index (κ3) is 2.50. The maximum absolute atomic E-state index is 12.5. The average Bonchev–Trinajstić information content (AvgIpc) is 2.68. The molecule has 0 aliphatic carbocycles. The Labute approximate surface area is 91.6 Å². The van der Waals surface area contributed by atoms with Gasteiger partial charge in [-0.1, -0.05) is 0 Å². The van der Waals surface area contributed by atoms with Crippen LogP contribution in [0.25, 0.3) is 0 Å². The monoisotopic (exact) mass is 222 g/mol. The first-order chi connectivity index (χ1) is 7.75. The zero-order valence-corrected chi connectivity index (χ0v) is 8.76. The molecular weight excluding hydrogens is 211 g/mol. The van der Waals surface area contributed by atoms with Gasteiger partial charge in [-0.3, -0.25) is 0 Å². The summed E-state index contributed by atoms with van der Waals surface area (Å²) in [5, 5.41) is 10.7. The molecule has 0 aliphatic rings. The molecule has 0 aliphatic heterocycles. The van der Waals surface area contributed by atoms with Crippen LogP contribution in [0.2, 0.25) is 0 Å². The summed E-state index contributed by atoms with van der Waals surface area (Å²) >= 11 is 0. The Kier molecular flexibility index (Phi) is 3.04. The molecule has 2 aromatic heterocycles. The molecule has 2 aromatic rings. The highest BCUT2D eigenvalue weighted by Crippen LogP contribution is 1.99. The molecule has 0 atom stereocenters. The maximum atomic E-state index is 12.5. The van der Waals surface area contributed by atoms with Crippen LogP contribution in [0.3, 0.4) is 0 Å². The molecular formula is C9H11FN6. The van der Waals surface area contributed by atoms with Gasteiger partial charge in [-0.15, -0.1) is 10.2 Å². The third-order valence-corrected chi connectivity index (χ3v) is 2.06. The molecule has 0 unspecified atom stereocenters. The van der Waals surface area contributed by atoms with Gasteiger partial charge in [-0.05, 0) is 0 Å². The fourth-order valence-electron chi connectivity index (χ4n) is 1.22. The van der Waals surface area contributed by atoms with E-state index in [2.05, 4.69) is 25.5 Å². The second-order valence-corrected chi connectivity index (χ2v) is 3.26. The summed E-state index contributed by atoms with van der Waals surface area (Å²) in [6, 6.07) is 0. The molecule has 0 saturated heterocycles. The molecule has 0 saturated carbocycles. The lowest BCUT2D eigenvalue weighted by Crippen LogP contribution is -2.10. The molecule has 84 valence electrons. The lowest BCUT2D eigenvalue weighted by atomic mass is 10.4. The fourth-order valence-corrected chi connectivity index (χ4v) is 1.22. The minimum atomic E-state index is -0.446. The number of hydrogen-bond donors (Lipinski definition) is 1. The second-order valence-electron chi connectivity index (χ2n) is 3.26. The van der Waals surface area contributed by atoms with Gasteiger partial charge in [0.15, 0.2) is 5.82 Å². The van der Waals surface area contributed by atoms with Crippen LogP contribution in [0.4, 0.5) is 10.3 Å². The predicted molar refractivity (Wildman–Crippen MR) is 55.2 cm³/mol. The van der Waals surface area contributed by atoms with Crippen molar-refractivity contribution in [1.82, 2.24) is 24.7 Å². The van der Waals surface area contributed by atoms with Gasteiger partial charge in [0, 0.05) is 20.0 Å². The normalized spacial score (nSPS) is 10.4. The highest BCUT2D eigenvalue weighted by Gasteiger charge is 2.01. The van der Waals surface area contributed by atoms with E-state index in [-0.39, 0.29) is 0 Å². The maximum Gasteiger partial charge on any atom is 0.222 e. The molecule has 0 bridgehead atoms. The Hall–Kier alpha value is -2.05. The van der Waals surface area contributed by atoms with Gasteiger partial charge in [0.2, 0.25) is 5.95 Å². The van der Waals surface area contributed by atoms with Crippen LogP contribution >= 0.6 is 0 Å². The molecule has 2 heterocycles. The number of aromatic nitrogens is 5. The van der Waals surface area contributed by atoms with Crippen molar-refractivity contribution in [3.63, 3.8) is 0 Å². The summed E-state index contributed by atoms with van der Waals surface area (Å²) in [6.07, 6.45) is 4.59. The van der Waals surface area contributed by atoms with Gasteiger partial charge in [0.05, 0.1) is 12.4 Å². The molecule has 0 radical (unpaired) electrons. The number of rotatable bonds is 4. The molecule has 0 aromatic carbocycles. The Morgan fingerprint density at radius 2 is 2.12 bits per heavy atom. The number of halogens is 1. The molecule has 2 rings (SSSR count). The Bertz CT molecular complexity index is 451. The van der Waals surface area contributed by atoms with E-state index in [4.69, 9.17) is 0 Å². The highest BCUT2D eigenvalue weighted by molar-refractivity contribution is 5.22. The summed E-state index contributed by atoms with van der Waals surface area (Å²) in [5.74, 6) is 0.831. The van der Waals surface area contributed by atoms with Crippen LogP contribution in [-0.4, -0.2) is 31.3 Å². The van der Waals surface area contributed by atoms with E-state index in [1.54, 1.807) is 6.33 Å². The first-order valence-electron chi connectivity index (χ1n) is 4.80. The number of anilines is 1. The lowest BCUT2D eigenvalue weighted by molar-refractivity contribution is 0.614. The standard InChI is InChI=1S/C9H11FN6/c1-16-6-14-15-8(16)2-3-11-9-12-4-7(10)5-13-9/h4-6H,2-3H2,1H3,(H,11,12,13). The van der Waals surface area contributed by atoms with Gasteiger partial charge in [-0.2, -0.15) is 0 Å². The first kappa shape index (κ1) is 10.5. The summed E-state index contributed by atoms with van der Waals surface area (Å²) in [6.45, 7) is 0.623. The third-order valence-electron chi connectivity index (χ3n) is 2.06. The summed E-state index contributed by atoms with van der Waals surface area (Å²) in [7, 11) is 1.88. The Morgan fingerprint density at radius 3 is 2.75 bits per heavy atom. The van der Waals surface area contributed by atoms with E-state index in [9.17, 15) is 4.39 Å². The molecule has 1 N–H and O–H groups in total. The number of hydrogen-bond acceptors (Lipinski definition) is 5. The summed E-state index contributed by atoms with van der Waals surface area (Å²) in [4.78, 5) is 7.56. The largest absolute Gasteiger partial charge is 0.354 e. The van der Waals surface area contributed by atoms with Crippen molar-refractivity contribution in [3.05, 3.63) is 30.4 Å². The van der Waals surface area contributed by atoms with Gasteiger partial charge in [-0.25, -0.2) is 14.4 Å². The minimum absolute atomic E-state index is 0.406. The molecule has 0 spiro atoms. The van der Waals surface area contributed by atoms with Crippen molar-refractivity contribution >= 4 is 5.95 Å². The van der Waals surface area contributed by atoms with Gasteiger partial charge in [0.1, 0.15) is 12.2 Å². The van der Waals surface area contributed by atoms with Gasteiger partial charge in [0.25, 0.3) is 0 Å². The van der Waals surface area contributed by atoms with Crippen LogP contribution in [0.5, 0.6) is 0 Å². The van der Waals surface area contributed by atoms with Crippen molar-refractivity contribution in [3.8, 4) is 0 Å². The van der Waals surface area contributed by atoms with Crippen molar-refractivity contribution in [1.29, 1.82) is 0 Å².